The summed E-state index contributed by atoms with van der Waals surface area (Å²) in [6.07, 6.45) is 2.53. The lowest BCUT2D eigenvalue weighted by atomic mass is 10.0. The van der Waals surface area contributed by atoms with Gasteiger partial charge in [-0.15, -0.1) is 0 Å². The number of alkyl halides is 3. The number of nitrogens with zero attached hydrogens (tertiary/aromatic N) is 4. The van der Waals surface area contributed by atoms with E-state index in [4.69, 9.17) is 11.6 Å². The Balaban J connectivity index is 1.37. The van der Waals surface area contributed by atoms with Crippen molar-refractivity contribution in [2.75, 3.05) is 18.4 Å². The second kappa shape index (κ2) is 8.54. The molecule has 1 aliphatic carbocycles. The van der Waals surface area contributed by atoms with E-state index in [2.05, 4.69) is 20.3 Å². The number of anilines is 1. The largest absolute Gasteiger partial charge is 0.417 e. The number of nitrogens with one attached hydrogen (secondary N) is 1. The SMILES string of the molecule is O=C(c1cc(Cl)ccc1-c1ncccn1)N1CC2(CC2)CC1CNc1ccc(C(F)(F)F)cn1. The molecule has 1 atom stereocenters. The van der Waals surface area contributed by atoms with Gasteiger partial charge in [-0.25, -0.2) is 15.0 Å². The number of hydrogen-bond acceptors (Lipinski definition) is 5. The third kappa shape index (κ3) is 4.57. The Bertz CT molecular complexity index is 1200. The van der Waals surface area contributed by atoms with Crippen LogP contribution in [0.3, 0.4) is 0 Å². The molecule has 5 rings (SSSR count). The van der Waals surface area contributed by atoms with E-state index < -0.39 is 11.7 Å². The molecule has 1 spiro atoms. The minimum absolute atomic E-state index is 0.109. The van der Waals surface area contributed by atoms with Crippen molar-refractivity contribution < 1.29 is 18.0 Å². The molecule has 2 aromatic heterocycles. The van der Waals surface area contributed by atoms with Crippen molar-refractivity contribution >= 4 is 23.3 Å². The first-order chi connectivity index (χ1) is 16.2. The molecule has 1 saturated heterocycles. The topological polar surface area (TPSA) is 71.0 Å². The lowest BCUT2D eigenvalue weighted by Gasteiger charge is -2.26. The van der Waals surface area contributed by atoms with Crippen molar-refractivity contribution in [1.29, 1.82) is 0 Å². The summed E-state index contributed by atoms with van der Waals surface area (Å²) >= 11 is 6.23. The summed E-state index contributed by atoms with van der Waals surface area (Å²) in [5.74, 6) is 0.602. The first kappa shape index (κ1) is 22.6. The average Bonchev–Trinajstić information content (AvgIpc) is 3.48. The van der Waals surface area contributed by atoms with Crippen molar-refractivity contribution in [3.8, 4) is 11.4 Å². The van der Waals surface area contributed by atoms with Crippen molar-refractivity contribution in [2.45, 2.75) is 31.5 Å². The van der Waals surface area contributed by atoms with Gasteiger partial charge in [0.2, 0.25) is 0 Å². The lowest BCUT2D eigenvalue weighted by molar-refractivity contribution is -0.137. The molecule has 0 bridgehead atoms. The van der Waals surface area contributed by atoms with Crippen LogP contribution in [-0.4, -0.2) is 44.9 Å². The van der Waals surface area contributed by atoms with E-state index in [1.165, 1.54) is 6.07 Å². The van der Waals surface area contributed by atoms with Crippen LogP contribution in [0.15, 0.2) is 55.0 Å². The monoisotopic (exact) mass is 487 g/mol. The normalized spacial score (nSPS) is 18.8. The average molecular weight is 488 g/mol. The predicted octanol–water partition coefficient (Wildman–Crippen LogP) is 5.32. The molecular formula is C24H21ClF3N5O. The molecule has 1 N–H and O–H groups in total. The van der Waals surface area contributed by atoms with Crippen LogP contribution in [0.5, 0.6) is 0 Å². The van der Waals surface area contributed by atoms with Crippen molar-refractivity contribution in [1.82, 2.24) is 19.9 Å². The van der Waals surface area contributed by atoms with E-state index in [1.54, 1.807) is 36.7 Å². The number of benzene rings is 1. The van der Waals surface area contributed by atoms with Crippen LogP contribution in [0.1, 0.15) is 35.2 Å². The smallest absolute Gasteiger partial charge is 0.368 e. The molecule has 3 heterocycles. The number of halogens is 4. The van der Waals surface area contributed by atoms with Gasteiger partial charge < -0.3 is 10.2 Å². The molecule has 1 unspecified atom stereocenters. The summed E-state index contributed by atoms with van der Waals surface area (Å²) in [4.78, 5) is 28.0. The van der Waals surface area contributed by atoms with Crippen molar-refractivity contribution in [3.05, 3.63) is 71.1 Å². The van der Waals surface area contributed by atoms with Crippen molar-refractivity contribution in [2.24, 2.45) is 5.41 Å². The summed E-state index contributed by atoms with van der Waals surface area (Å²) in [5.41, 5.74) is 0.332. The third-order valence-corrected chi connectivity index (χ3v) is 6.70. The zero-order valence-corrected chi connectivity index (χ0v) is 18.8. The highest BCUT2D eigenvalue weighted by molar-refractivity contribution is 6.31. The van der Waals surface area contributed by atoms with Gasteiger partial charge in [0.25, 0.3) is 5.91 Å². The van der Waals surface area contributed by atoms with E-state index in [0.29, 0.717) is 40.9 Å². The summed E-state index contributed by atoms with van der Waals surface area (Å²) in [5, 5.41) is 3.54. The fraction of sp³-hybridized carbons (Fsp3) is 0.333. The summed E-state index contributed by atoms with van der Waals surface area (Å²) in [6.45, 7) is 1.00. The zero-order chi connectivity index (χ0) is 23.9. The van der Waals surface area contributed by atoms with E-state index in [1.807, 2.05) is 4.90 Å². The van der Waals surface area contributed by atoms with Crippen LogP contribution in [0, 0.1) is 5.41 Å². The Hall–Kier alpha value is -3.20. The van der Waals surface area contributed by atoms with E-state index >= 15 is 0 Å². The van der Waals surface area contributed by atoms with E-state index in [0.717, 1.165) is 31.5 Å². The zero-order valence-electron chi connectivity index (χ0n) is 18.0. The highest BCUT2D eigenvalue weighted by atomic mass is 35.5. The fourth-order valence-electron chi connectivity index (χ4n) is 4.49. The van der Waals surface area contributed by atoms with Crippen LogP contribution in [0.4, 0.5) is 19.0 Å². The van der Waals surface area contributed by atoms with E-state index in [9.17, 15) is 18.0 Å². The van der Waals surface area contributed by atoms with Gasteiger partial charge in [0.15, 0.2) is 5.82 Å². The van der Waals surface area contributed by atoms with Gasteiger partial charge in [-0.2, -0.15) is 13.2 Å². The van der Waals surface area contributed by atoms with Gasteiger partial charge in [-0.1, -0.05) is 11.6 Å². The summed E-state index contributed by atoms with van der Waals surface area (Å²) in [7, 11) is 0. The highest BCUT2D eigenvalue weighted by Crippen LogP contribution is 2.55. The first-order valence-corrected chi connectivity index (χ1v) is 11.3. The maximum absolute atomic E-state index is 13.7. The number of carbonyl (C=O) groups excluding carboxylic acids is 1. The minimum atomic E-state index is -4.43. The van der Waals surface area contributed by atoms with Gasteiger partial charge in [-0.3, -0.25) is 4.79 Å². The third-order valence-electron chi connectivity index (χ3n) is 6.46. The van der Waals surface area contributed by atoms with Crippen LogP contribution in [0.25, 0.3) is 11.4 Å². The summed E-state index contributed by atoms with van der Waals surface area (Å²) in [6, 6.07) is 8.94. The Labute approximate surface area is 199 Å². The molecule has 3 aromatic rings. The van der Waals surface area contributed by atoms with Crippen LogP contribution < -0.4 is 5.32 Å². The summed E-state index contributed by atoms with van der Waals surface area (Å²) < 4.78 is 38.4. The second-order valence-corrected chi connectivity index (χ2v) is 9.30. The number of likely N-dealkylation sites (tertiary alicyclic amines) is 1. The van der Waals surface area contributed by atoms with Crippen LogP contribution >= 0.6 is 11.6 Å². The maximum atomic E-state index is 13.7. The molecule has 1 saturated carbocycles. The van der Waals surface area contributed by atoms with Crippen LogP contribution in [-0.2, 0) is 6.18 Å². The number of aromatic nitrogens is 3. The molecule has 2 aliphatic rings. The fourth-order valence-corrected chi connectivity index (χ4v) is 4.67. The molecule has 6 nitrogen and oxygen atoms in total. The molecule has 2 fully saturated rings. The second-order valence-electron chi connectivity index (χ2n) is 8.86. The van der Waals surface area contributed by atoms with Crippen molar-refractivity contribution in [3.63, 3.8) is 0 Å². The Morgan fingerprint density at radius 3 is 2.56 bits per heavy atom. The predicted molar refractivity (Wildman–Crippen MR) is 121 cm³/mol. The molecule has 1 amide bonds. The Morgan fingerprint density at radius 2 is 1.91 bits per heavy atom. The number of pyridine rings is 1. The number of rotatable bonds is 5. The molecule has 10 heteroatoms. The van der Waals surface area contributed by atoms with Crippen LogP contribution in [0.2, 0.25) is 5.02 Å². The number of amides is 1. The van der Waals surface area contributed by atoms with Gasteiger partial charge >= 0.3 is 6.18 Å². The van der Waals surface area contributed by atoms with Gasteiger partial charge in [0.1, 0.15) is 5.82 Å². The van der Waals surface area contributed by atoms with Gasteiger partial charge in [-0.05, 0) is 61.1 Å². The molecule has 176 valence electrons. The molecule has 0 radical (unpaired) electrons. The molecular weight excluding hydrogens is 467 g/mol. The first-order valence-electron chi connectivity index (χ1n) is 10.9. The highest BCUT2D eigenvalue weighted by Gasteiger charge is 2.53. The molecule has 1 aliphatic heterocycles. The molecule has 1 aromatic carbocycles. The Morgan fingerprint density at radius 1 is 1.15 bits per heavy atom. The quantitative estimate of drug-likeness (QED) is 0.527. The van der Waals surface area contributed by atoms with Gasteiger partial charge in [0.05, 0.1) is 11.1 Å². The van der Waals surface area contributed by atoms with Gasteiger partial charge in [0, 0.05) is 48.3 Å². The number of carbonyl (C=O) groups is 1. The standard InChI is InChI=1S/C24H21ClF3N5O/c25-16-3-4-18(21-29-8-1-9-30-21)19(10-16)22(34)33-14-23(6-7-23)11-17(33)13-32-20-5-2-15(12-31-20)24(26,27)28/h1-5,8-10,12,17H,6-7,11,13-14H2,(H,31,32). The number of hydrogen-bond donors (Lipinski definition) is 1. The maximum Gasteiger partial charge on any atom is 0.417 e. The lowest BCUT2D eigenvalue weighted by Crippen LogP contribution is -2.40. The van der Waals surface area contributed by atoms with E-state index in [-0.39, 0.29) is 17.4 Å². The Kier molecular flexibility index (Phi) is 5.67. The molecule has 34 heavy (non-hydrogen) atoms. The minimum Gasteiger partial charge on any atom is -0.368 e.